The molecule has 0 saturated heterocycles. The number of hydrogen-bond donors (Lipinski definition) is 7. The third-order valence-corrected chi connectivity index (χ3v) is 12.8. The van der Waals surface area contributed by atoms with E-state index in [-0.39, 0.29) is 24.7 Å². The van der Waals surface area contributed by atoms with E-state index < -0.39 is 33.5 Å². The summed E-state index contributed by atoms with van der Waals surface area (Å²) in [5.41, 5.74) is 7.46. The summed E-state index contributed by atoms with van der Waals surface area (Å²) in [6.07, 6.45) is 6.40. The van der Waals surface area contributed by atoms with Crippen molar-refractivity contribution in [3.8, 4) is 17.2 Å². The van der Waals surface area contributed by atoms with Crippen LogP contribution < -0.4 is 25.4 Å². The Balaban J connectivity index is 0.000000241. The molecule has 5 rings (SSSR count). The van der Waals surface area contributed by atoms with E-state index in [4.69, 9.17) is 23.8 Å². The van der Waals surface area contributed by atoms with Gasteiger partial charge < -0.3 is 59.5 Å². The van der Waals surface area contributed by atoms with Crippen LogP contribution in [0.1, 0.15) is 78.2 Å². The number of aromatic nitrogens is 3. The predicted octanol–water partition coefficient (Wildman–Crippen LogP) is 5.35. The zero-order valence-corrected chi connectivity index (χ0v) is 39.7. The van der Waals surface area contributed by atoms with E-state index in [9.17, 15) is 28.8 Å². The predicted molar refractivity (Wildman–Crippen MR) is 234 cm³/mol. The first-order chi connectivity index (χ1) is 27.7. The summed E-state index contributed by atoms with van der Waals surface area (Å²) in [6, 6.07) is 0. The maximum atomic E-state index is 11.7. The lowest BCUT2D eigenvalue weighted by Crippen LogP contribution is -2.36. The molecule has 0 fully saturated rings. The number of nitrogens with zero attached hydrogens (tertiary/aromatic N) is 3. The summed E-state index contributed by atoms with van der Waals surface area (Å²) < 4.78 is 57.2. The Morgan fingerprint density at radius 3 is 1.38 bits per heavy atom. The summed E-state index contributed by atoms with van der Waals surface area (Å²) in [5.74, 6) is 0.371. The lowest BCUT2D eigenvalue weighted by molar-refractivity contribution is -0.181. The zero-order chi connectivity index (χ0) is 45.1. The Morgan fingerprint density at radius 2 is 1.00 bits per heavy atom. The van der Waals surface area contributed by atoms with Gasteiger partial charge in [0.2, 0.25) is 11.6 Å². The Morgan fingerprint density at radius 1 is 0.633 bits per heavy atom. The molecule has 60 heavy (non-hydrogen) atoms. The van der Waals surface area contributed by atoms with Crippen molar-refractivity contribution >= 4 is 21.9 Å². The fourth-order valence-electron chi connectivity index (χ4n) is 5.89. The van der Waals surface area contributed by atoms with Crippen molar-refractivity contribution in [2.75, 3.05) is 64.8 Å². The summed E-state index contributed by atoms with van der Waals surface area (Å²) in [5, 5.41) is 28.4. The van der Waals surface area contributed by atoms with Crippen LogP contribution in [0.4, 0.5) is 0 Å². The highest BCUT2D eigenvalue weighted by atomic mass is 31.2. The van der Waals surface area contributed by atoms with Crippen molar-refractivity contribution in [2.45, 2.75) is 99.5 Å². The van der Waals surface area contributed by atoms with Crippen LogP contribution >= 0.6 is 21.9 Å². The van der Waals surface area contributed by atoms with Gasteiger partial charge in [0.1, 0.15) is 17.2 Å². The molecule has 0 aromatic carbocycles. The van der Waals surface area contributed by atoms with Crippen molar-refractivity contribution in [3.63, 3.8) is 0 Å². The van der Waals surface area contributed by atoms with Gasteiger partial charge in [0.15, 0.2) is 14.7 Å². The Hall–Kier alpha value is -2.78. The fourth-order valence-corrected chi connectivity index (χ4v) is 7.73. The molecule has 2 aliphatic heterocycles. The maximum Gasteiger partial charge on any atom is 0.205 e. The number of fused-ring (bicyclic) bond motifs is 2. The average Bonchev–Trinajstić information content (AvgIpc) is 3.12. The van der Waals surface area contributed by atoms with Crippen LogP contribution in [-0.2, 0) is 62.6 Å². The van der Waals surface area contributed by atoms with Gasteiger partial charge in [-0.15, -0.1) is 0 Å². The Bertz CT molecular complexity index is 1950. The summed E-state index contributed by atoms with van der Waals surface area (Å²) in [7, 11) is -7.92. The minimum absolute atomic E-state index is 0.000112. The van der Waals surface area contributed by atoms with Crippen LogP contribution in [-0.4, -0.2) is 111 Å². The number of aryl methyl sites for hydroxylation is 3. The number of rotatable bonds is 16. The minimum Gasteiger partial charge on any atom is -0.506 e. The highest BCUT2D eigenvalue weighted by Gasteiger charge is 2.31. The normalized spacial score (nSPS) is 17.2. The Kier molecular flexibility index (Phi) is 18.9. The van der Waals surface area contributed by atoms with Gasteiger partial charge in [-0.1, -0.05) is 0 Å². The van der Waals surface area contributed by atoms with Gasteiger partial charge in [-0.3, -0.25) is 24.1 Å². The second-order valence-electron chi connectivity index (χ2n) is 16.7. The second kappa shape index (κ2) is 22.0. The molecule has 338 valence electrons. The molecule has 2 atom stereocenters. The first-order valence-corrected chi connectivity index (χ1v) is 27.2. The molecule has 3 aromatic heterocycles. The molecule has 0 spiro atoms. The van der Waals surface area contributed by atoms with Gasteiger partial charge in [-0.2, -0.15) is 0 Å². The second-order valence-corrected chi connectivity index (χ2v) is 25.4. The molecule has 3 aromatic rings. The molecule has 0 bridgehead atoms. The third-order valence-electron chi connectivity index (χ3n) is 9.40. The molecule has 0 saturated carbocycles. The molecular weight excluding hydrogens is 833 g/mol. The van der Waals surface area contributed by atoms with Crippen LogP contribution in [0.5, 0.6) is 17.2 Å². The van der Waals surface area contributed by atoms with E-state index in [0.29, 0.717) is 68.9 Å². The molecule has 7 N–H and O–H groups in total. The van der Waals surface area contributed by atoms with E-state index in [1.807, 2.05) is 61.1 Å². The molecular formula is C40H67N6O11P3. The number of pyridine rings is 3. The van der Waals surface area contributed by atoms with Crippen LogP contribution in [0.25, 0.3) is 0 Å². The van der Waals surface area contributed by atoms with Gasteiger partial charge in [-0.25, -0.2) is 0 Å². The quantitative estimate of drug-likeness (QED) is 0.0708. The molecule has 5 heterocycles. The molecule has 20 heteroatoms. The molecule has 0 aliphatic carbocycles. The fraction of sp³-hybridized carbons (Fsp3) is 0.625. The summed E-state index contributed by atoms with van der Waals surface area (Å²) >= 11 is 0. The summed E-state index contributed by atoms with van der Waals surface area (Å²) in [6.45, 7) is 23.4. The van der Waals surface area contributed by atoms with Crippen LogP contribution in [0.15, 0.2) is 18.6 Å². The highest BCUT2D eigenvalue weighted by molar-refractivity contribution is 7.62. The van der Waals surface area contributed by atoms with E-state index >= 15 is 0 Å². The number of ether oxygens (including phenoxy) is 4. The van der Waals surface area contributed by atoms with Crippen molar-refractivity contribution < 1.29 is 52.6 Å². The number of aromatic hydroxyl groups is 1. The largest absolute Gasteiger partial charge is 0.506 e. The highest BCUT2D eigenvalue weighted by Crippen LogP contribution is 2.38. The monoisotopic (exact) mass is 900 g/mol. The van der Waals surface area contributed by atoms with E-state index in [1.165, 1.54) is 13.3 Å². The van der Waals surface area contributed by atoms with Gasteiger partial charge in [0.05, 0.1) is 44.0 Å². The lowest BCUT2D eigenvalue weighted by atomic mass is 10.1. The van der Waals surface area contributed by atoms with Gasteiger partial charge in [-0.05, 0) is 50.8 Å². The number of aliphatic hydroxyl groups is 1. The van der Waals surface area contributed by atoms with Crippen molar-refractivity contribution in [1.82, 2.24) is 30.9 Å². The smallest absolute Gasteiger partial charge is 0.205 e. The van der Waals surface area contributed by atoms with E-state index in [2.05, 4.69) is 30.9 Å². The van der Waals surface area contributed by atoms with E-state index in [1.54, 1.807) is 19.3 Å². The lowest BCUT2D eigenvalue weighted by Gasteiger charge is -2.34. The SMILES string of the molecule is Cc1ncc(CNCCP(C)(=O)O)c(CO)c1O.Cc1ncc(CNCCP(C)(=O)O)c2c1OC(C)(C)OC2.Cc1ncc(CNCCP(C)(C)=O)c2c1OC(C)(C)OC2. The molecule has 0 amide bonds. The first-order valence-electron chi connectivity index (χ1n) is 19.8. The van der Waals surface area contributed by atoms with Crippen molar-refractivity contribution in [3.05, 3.63) is 69.1 Å². The van der Waals surface area contributed by atoms with Crippen LogP contribution in [0.2, 0.25) is 0 Å². The van der Waals surface area contributed by atoms with Crippen LogP contribution in [0.3, 0.4) is 0 Å². The summed E-state index contributed by atoms with van der Waals surface area (Å²) in [4.78, 5) is 31.2. The van der Waals surface area contributed by atoms with E-state index in [0.717, 1.165) is 51.7 Å². The van der Waals surface area contributed by atoms with Crippen molar-refractivity contribution in [2.24, 2.45) is 0 Å². The molecule has 17 nitrogen and oxygen atoms in total. The van der Waals surface area contributed by atoms with Gasteiger partial charge in [0.25, 0.3) is 0 Å². The van der Waals surface area contributed by atoms with Crippen molar-refractivity contribution in [1.29, 1.82) is 0 Å². The first kappa shape index (κ1) is 51.6. The van der Waals surface area contributed by atoms with Crippen LogP contribution in [0, 0.1) is 20.8 Å². The maximum absolute atomic E-state index is 11.7. The Labute approximate surface area is 355 Å². The zero-order valence-electron chi connectivity index (χ0n) is 37.0. The molecule has 2 aliphatic rings. The molecule has 0 radical (unpaired) electrons. The standard InChI is InChI=1S/C15H25N2O3P.C14H23N2O4P.C11H19N2O4P/c1-11-14-13(10-19-15(2,3)20-14)12(9-17-11)8-16-6-7-21(4,5)18;1-10-13-12(9-19-14(2,3)20-13)11(8-16-10)7-15-5-6-21(4,17)18;1-8-11(15)10(7-14)9(6-13-8)5-12-3-4-18(2,16)17/h9,16H,6-8,10H2,1-5H3;8,15H,5-7,9H2,1-4H3,(H,17,18);6,12,14-15H,3-5,7H2,1-2H3,(H,16,17). The number of nitrogens with one attached hydrogen (secondary N) is 3. The average molecular weight is 901 g/mol. The topological polar surface area (TPSA) is 244 Å². The number of hydrogen-bond acceptors (Lipinski definition) is 15. The third kappa shape index (κ3) is 17.5. The minimum atomic E-state index is -3.00. The number of aliphatic hydroxyl groups excluding tert-OH is 1. The van der Waals surface area contributed by atoms with Gasteiger partial charge in [0, 0.05) is 134 Å². The molecule has 2 unspecified atom stereocenters. The van der Waals surface area contributed by atoms with Gasteiger partial charge >= 0.3 is 0 Å².